The summed E-state index contributed by atoms with van der Waals surface area (Å²) in [5.41, 5.74) is 6.68. The summed E-state index contributed by atoms with van der Waals surface area (Å²) in [6.07, 6.45) is 2.94. The zero-order valence-corrected chi connectivity index (χ0v) is 13.3. The van der Waals surface area contributed by atoms with Gasteiger partial charge in [0.15, 0.2) is 0 Å². The Morgan fingerprint density at radius 3 is 2.95 bits per heavy atom. The standard InChI is InChI=1S/C13H16N2O2S3/c14-8-9-4-5-13(19-9)20(16,17)15-11-2-1-3-12-10(11)6-7-18-12/h4-7,11,15H,1-3,8,14H2. The summed E-state index contributed by atoms with van der Waals surface area (Å²) in [5, 5.41) is 2.04. The van der Waals surface area contributed by atoms with Gasteiger partial charge in [0.2, 0.25) is 0 Å². The van der Waals surface area contributed by atoms with Crippen molar-refractivity contribution in [1.82, 2.24) is 4.72 Å². The zero-order valence-electron chi connectivity index (χ0n) is 10.8. The molecule has 0 fully saturated rings. The number of fused-ring (bicyclic) bond motifs is 1. The van der Waals surface area contributed by atoms with Gasteiger partial charge < -0.3 is 5.73 Å². The first-order chi connectivity index (χ1) is 9.60. The molecule has 2 aromatic rings. The fourth-order valence-corrected chi connectivity index (χ4v) is 5.95. The lowest BCUT2D eigenvalue weighted by Gasteiger charge is -2.23. The summed E-state index contributed by atoms with van der Waals surface area (Å²) in [6, 6.07) is 5.34. The van der Waals surface area contributed by atoms with Gasteiger partial charge in [-0.2, -0.15) is 0 Å². The highest BCUT2D eigenvalue weighted by Crippen LogP contribution is 2.34. The molecule has 0 aromatic carbocycles. The number of thiophene rings is 2. The molecule has 2 heterocycles. The Hall–Kier alpha value is -0.730. The van der Waals surface area contributed by atoms with E-state index < -0.39 is 10.0 Å². The molecule has 3 N–H and O–H groups in total. The molecule has 1 aliphatic carbocycles. The molecule has 3 rings (SSSR count). The van der Waals surface area contributed by atoms with Gasteiger partial charge in [0.1, 0.15) is 4.21 Å². The van der Waals surface area contributed by atoms with Gasteiger partial charge in [0.25, 0.3) is 10.0 Å². The summed E-state index contributed by atoms with van der Waals surface area (Å²) in [4.78, 5) is 2.18. The van der Waals surface area contributed by atoms with Crippen molar-refractivity contribution in [3.05, 3.63) is 38.9 Å². The summed E-state index contributed by atoms with van der Waals surface area (Å²) in [6.45, 7) is 0.373. The third-order valence-corrected chi connectivity index (χ3v) is 7.52. The molecule has 108 valence electrons. The number of hydrogen-bond donors (Lipinski definition) is 2. The first kappa shape index (κ1) is 14.2. The van der Waals surface area contributed by atoms with E-state index in [9.17, 15) is 8.42 Å². The van der Waals surface area contributed by atoms with Gasteiger partial charge in [-0.05, 0) is 48.4 Å². The molecule has 0 spiro atoms. The van der Waals surface area contributed by atoms with E-state index in [4.69, 9.17) is 5.73 Å². The lowest BCUT2D eigenvalue weighted by atomic mass is 9.95. The van der Waals surface area contributed by atoms with Crippen molar-refractivity contribution in [2.45, 2.75) is 36.1 Å². The van der Waals surface area contributed by atoms with E-state index in [0.717, 1.165) is 29.7 Å². The Bertz CT molecular complexity index is 703. The molecule has 7 heteroatoms. The maximum Gasteiger partial charge on any atom is 0.250 e. The van der Waals surface area contributed by atoms with Crippen LogP contribution in [0.15, 0.2) is 27.8 Å². The van der Waals surface area contributed by atoms with Crippen molar-refractivity contribution in [1.29, 1.82) is 0 Å². The van der Waals surface area contributed by atoms with E-state index in [1.54, 1.807) is 23.5 Å². The van der Waals surface area contributed by atoms with E-state index in [-0.39, 0.29) is 6.04 Å². The molecular weight excluding hydrogens is 312 g/mol. The van der Waals surface area contributed by atoms with Crippen LogP contribution in [0.5, 0.6) is 0 Å². The zero-order chi connectivity index (χ0) is 14.2. The lowest BCUT2D eigenvalue weighted by Crippen LogP contribution is -2.30. The Morgan fingerprint density at radius 2 is 2.20 bits per heavy atom. The Labute approximate surface area is 126 Å². The number of aryl methyl sites for hydroxylation is 1. The molecule has 0 saturated carbocycles. The smallest absolute Gasteiger partial charge is 0.250 e. The highest BCUT2D eigenvalue weighted by atomic mass is 32.2. The molecule has 20 heavy (non-hydrogen) atoms. The fourth-order valence-electron chi connectivity index (χ4n) is 2.47. The van der Waals surface area contributed by atoms with Gasteiger partial charge in [-0.3, -0.25) is 0 Å². The minimum absolute atomic E-state index is 0.0987. The summed E-state index contributed by atoms with van der Waals surface area (Å²) in [7, 11) is -3.45. The van der Waals surface area contributed by atoms with Crippen LogP contribution >= 0.6 is 22.7 Å². The average Bonchev–Trinajstić information content (AvgIpc) is 3.08. The fraction of sp³-hybridized carbons (Fsp3) is 0.385. The molecule has 1 unspecified atom stereocenters. The topological polar surface area (TPSA) is 72.2 Å². The second-order valence-electron chi connectivity index (χ2n) is 4.79. The van der Waals surface area contributed by atoms with Gasteiger partial charge >= 0.3 is 0 Å². The van der Waals surface area contributed by atoms with Gasteiger partial charge in [0.05, 0.1) is 0 Å². The monoisotopic (exact) mass is 328 g/mol. The Kier molecular flexibility index (Phi) is 3.96. The average molecular weight is 328 g/mol. The normalized spacial score (nSPS) is 18.9. The van der Waals surface area contributed by atoms with Crippen LogP contribution in [0.1, 0.15) is 34.2 Å². The van der Waals surface area contributed by atoms with E-state index >= 15 is 0 Å². The summed E-state index contributed by atoms with van der Waals surface area (Å²) < 4.78 is 28.0. The number of sulfonamides is 1. The minimum atomic E-state index is -3.45. The van der Waals surface area contributed by atoms with Crippen LogP contribution in [-0.2, 0) is 23.0 Å². The Balaban J connectivity index is 1.84. The SMILES string of the molecule is NCc1ccc(S(=O)(=O)NC2CCCc3sccc32)s1. The third kappa shape index (κ3) is 2.68. The van der Waals surface area contributed by atoms with Crippen LogP contribution in [0, 0.1) is 0 Å². The van der Waals surface area contributed by atoms with Crippen LogP contribution in [0.4, 0.5) is 0 Å². The van der Waals surface area contributed by atoms with Crippen LogP contribution < -0.4 is 10.5 Å². The molecule has 0 aliphatic heterocycles. The first-order valence-corrected chi connectivity index (χ1v) is 9.65. The van der Waals surface area contributed by atoms with Crippen molar-refractivity contribution >= 4 is 32.7 Å². The van der Waals surface area contributed by atoms with E-state index in [1.807, 2.05) is 11.4 Å². The van der Waals surface area contributed by atoms with Crippen molar-refractivity contribution in [2.24, 2.45) is 5.73 Å². The first-order valence-electron chi connectivity index (χ1n) is 6.47. The van der Waals surface area contributed by atoms with E-state index in [1.165, 1.54) is 16.2 Å². The number of rotatable bonds is 4. The van der Waals surface area contributed by atoms with Crippen molar-refractivity contribution in [3.8, 4) is 0 Å². The molecular formula is C13H16N2O2S3. The Morgan fingerprint density at radius 1 is 1.35 bits per heavy atom. The number of hydrogen-bond acceptors (Lipinski definition) is 5. The van der Waals surface area contributed by atoms with E-state index in [2.05, 4.69) is 4.72 Å². The molecule has 4 nitrogen and oxygen atoms in total. The lowest BCUT2D eigenvalue weighted by molar-refractivity contribution is 0.512. The van der Waals surface area contributed by atoms with Gasteiger partial charge in [-0.25, -0.2) is 13.1 Å². The quantitative estimate of drug-likeness (QED) is 0.906. The number of nitrogens with two attached hydrogens (primary N) is 1. The van der Waals surface area contributed by atoms with Crippen LogP contribution in [0.3, 0.4) is 0 Å². The van der Waals surface area contributed by atoms with Gasteiger partial charge in [-0.15, -0.1) is 22.7 Å². The third-order valence-electron chi connectivity index (χ3n) is 3.45. The van der Waals surface area contributed by atoms with Gasteiger partial charge in [-0.1, -0.05) is 0 Å². The van der Waals surface area contributed by atoms with Crippen molar-refractivity contribution in [3.63, 3.8) is 0 Å². The molecule has 0 saturated heterocycles. The van der Waals surface area contributed by atoms with Gasteiger partial charge in [0, 0.05) is 22.3 Å². The minimum Gasteiger partial charge on any atom is -0.326 e. The molecule has 1 aliphatic rings. The van der Waals surface area contributed by atoms with Crippen molar-refractivity contribution in [2.75, 3.05) is 0 Å². The maximum absolute atomic E-state index is 12.4. The largest absolute Gasteiger partial charge is 0.326 e. The maximum atomic E-state index is 12.4. The van der Waals surface area contributed by atoms with Crippen LogP contribution in [0.25, 0.3) is 0 Å². The molecule has 0 radical (unpaired) electrons. The molecule has 1 atom stereocenters. The highest BCUT2D eigenvalue weighted by molar-refractivity contribution is 7.91. The molecule has 2 aromatic heterocycles. The highest BCUT2D eigenvalue weighted by Gasteiger charge is 2.27. The number of nitrogens with one attached hydrogen (secondary N) is 1. The van der Waals surface area contributed by atoms with Crippen LogP contribution in [0.2, 0.25) is 0 Å². The summed E-state index contributed by atoms with van der Waals surface area (Å²) in [5.74, 6) is 0. The second kappa shape index (κ2) is 5.57. The van der Waals surface area contributed by atoms with Crippen molar-refractivity contribution < 1.29 is 8.42 Å². The predicted molar refractivity (Wildman–Crippen MR) is 82.5 cm³/mol. The second-order valence-corrected chi connectivity index (χ2v) is 8.90. The predicted octanol–water partition coefficient (Wildman–Crippen LogP) is 2.62. The van der Waals surface area contributed by atoms with Crippen LogP contribution in [-0.4, -0.2) is 8.42 Å². The van der Waals surface area contributed by atoms with E-state index in [0.29, 0.717) is 10.8 Å². The summed E-state index contributed by atoms with van der Waals surface area (Å²) >= 11 is 2.95. The molecule has 0 bridgehead atoms. The molecule has 0 amide bonds.